The number of rotatable bonds is 5. The van der Waals surface area contributed by atoms with Gasteiger partial charge >= 0.3 is 21.2 Å². The average molecular weight is 287 g/mol. The summed E-state index contributed by atoms with van der Waals surface area (Å²) in [6.07, 6.45) is 6.22. The van der Waals surface area contributed by atoms with Crippen molar-refractivity contribution in [1.82, 2.24) is 0 Å². The van der Waals surface area contributed by atoms with Crippen LogP contribution in [0.1, 0.15) is 26.2 Å². The Morgan fingerprint density at radius 3 is 2.69 bits per heavy atom. The highest BCUT2D eigenvalue weighted by molar-refractivity contribution is 4.99. The number of hydrogen-bond donors (Lipinski definition) is 0. The maximum atomic E-state index is 2.38. The molecule has 0 radical (unpaired) electrons. The first-order valence-corrected chi connectivity index (χ1v) is 7.09. The summed E-state index contributed by atoms with van der Waals surface area (Å²) in [5.41, 5.74) is 0. The Morgan fingerprint density at radius 1 is 1.23 bits per heavy atom. The third kappa shape index (κ3) is 5.09. The van der Waals surface area contributed by atoms with E-state index in [1.165, 1.54) is 22.8 Å². The second-order valence-electron chi connectivity index (χ2n) is 2.91. The predicted molar refractivity (Wildman–Crippen MR) is 53.8 cm³/mol. The molecule has 0 atom stereocenters. The Labute approximate surface area is 91.3 Å². The molecule has 0 aliphatic rings. The topological polar surface area (TPSA) is 0 Å². The summed E-state index contributed by atoms with van der Waals surface area (Å²) in [5.74, 6) is 0. The quantitative estimate of drug-likeness (QED) is 0.551. The summed E-state index contributed by atoms with van der Waals surface area (Å²) in [6, 6.07) is 10.8. The molecule has 0 saturated carbocycles. The molecule has 70 valence electrons. The van der Waals surface area contributed by atoms with Crippen LogP contribution in [0.25, 0.3) is 0 Å². The van der Waals surface area contributed by atoms with Crippen molar-refractivity contribution >= 4 is 0 Å². The Hall–Kier alpha value is -0.310. The molecule has 0 saturated heterocycles. The van der Waals surface area contributed by atoms with Crippen molar-refractivity contribution in [3.8, 4) is 0 Å². The van der Waals surface area contributed by atoms with Crippen molar-refractivity contribution in [2.45, 2.75) is 26.2 Å². The van der Waals surface area contributed by atoms with Crippen LogP contribution in [0.4, 0.5) is 0 Å². The zero-order valence-electron chi connectivity index (χ0n) is 8.04. The van der Waals surface area contributed by atoms with Gasteiger partial charge in [-0.05, 0) is 31.1 Å². The van der Waals surface area contributed by atoms with E-state index in [4.69, 9.17) is 0 Å². The van der Waals surface area contributed by atoms with Crippen LogP contribution in [-0.4, -0.2) is 0 Å². The molecule has 1 aromatic carbocycles. The van der Waals surface area contributed by atoms with Crippen molar-refractivity contribution in [2.24, 2.45) is 0 Å². The van der Waals surface area contributed by atoms with Crippen LogP contribution in [0.15, 0.2) is 40.5 Å². The maximum Gasteiger partial charge on any atom is 0.349 e. The van der Waals surface area contributed by atoms with Gasteiger partial charge in [-0.3, -0.25) is 0 Å². The molecule has 0 spiro atoms. The van der Waals surface area contributed by atoms with Crippen LogP contribution in [0.2, 0.25) is 0 Å². The first-order chi connectivity index (χ1) is 6.43. The number of benzene rings is 1. The van der Waals surface area contributed by atoms with E-state index >= 15 is 0 Å². The molecular formula is C12H16I+. The second-order valence-corrected chi connectivity index (χ2v) is 5.50. The minimum Gasteiger partial charge on any atom is -0.0654 e. The molecule has 0 N–H and O–H groups in total. The van der Waals surface area contributed by atoms with Crippen LogP contribution in [-0.2, 0) is 0 Å². The van der Waals surface area contributed by atoms with Crippen LogP contribution in [0.5, 0.6) is 0 Å². The highest BCUT2D eigenvalue weighted by Crippen LogP contribution is 1.92. The average Bonchev–Trinajstić information content (AvgIpc) is 2.19. The molecule has 0 fully saturated rings. The fourth-order valence-electron chi connectivity index (χ4n) is 0.990. The SMILES string of the molecule is CCCC/C=C\[I+]c1ccccc1. The fraction of sp³-hybridized carbons (Fsp3) is 0.333. The minimum atomic E-state index is 0.128. The van der Waals surface area contributed by atoms with Gasteiger partial charge in [-0.15, -0.1) is 0 Å². The zero-order valence-corrected chi connectivity index (χ0v) is 10.2. The lowest BCUT2D eigenvalue weighted by Gasteiger charge is -1.83. The Kier molecular flexibility index (Phi) is 5.90. The Balaban J connectivity index is 2.23. The van der Waals surface area contributed by atoms with E-state index in [2.05, 4.69) is 47.4 Å². The van der Waals surface area contributed by atoms with E-state index in [0.29, 0.717) is 0 Å². The van der Waals surface area contributed by atoms with Gasteiger partial charge in [0.25, 0.3) is 0 Å². The summed E-state index contributed by atoms with van der Waals surface area (Å²) < 4.78 is 3.89. The summed E-state index contributed by atoms with van der Waals surface area (Å²) in [6.45, 7) is 2.24. The van der Waals surface area contributed by atoms with E-state index in [1.807, 2.05) is 0 Å². The molecule has 0 aliphatic carbocycles. The summed E-state index contributed by atoms with van der Waals surface area (Å²) in [4.78, 5) is 0. The largest absolute Gasteiger partial charge is 0.349 e. The molecule has 0 amide bonds. The van der Waals surface area contributed by atoms with Gasteiger partial charge in [0.2, 0.25) is 0 Å². The van der Waals surface area contributed by atoms with E-state index in [0.717, 1.165) is 0 Å². The number of unbranched alkanes of at least 4 members (excludes halogenated alkanes) is 2. The van der Waals surface area contributed by atoms with E-state index < -0.39 is 0 Å². The molecule has 1 rings (SSSR count). The van der Waals surface area contributed by atoms with Crippen LogP contribution in [0, 0.1) is 3.57 Å². The van der Waals surface area contributed by atoms with Crippen molar-refractivity contribution in [3.05, 3.63) is 44.1 Å². The number of halogens is 1. The Morgan fingerprint density at radius 2 is 2.00 bits per heavy atom. The summed E-state index contributed by atoms with van der Waals surface area (Å²) >= 11 is 0.128. The van der Waals surface area contributed by atoms with E-state index in [-0.39, 0.29) is 21.2 Å². The second kappa shape index (κ2) is 7.13. The number of hydrogen-bond acceptors (Lipinski definition) is 0. The van der Waals surface area contributed by atoms with Crippen molar-refractivity contribution in [2.75, 3.05) is 0 Å². The first kappa shape index (κ1) is 10.8. The van der Waals surface area contributed by atoms with Gasteiger partial charge in [0.1, 0.15) is 0 Å². The molecule has 0 bridgehead atoms. The monoisotopic (exact) mass is 287 g/mol. The van der Waals surface area contributed by atoms with E-state index in [9.17, 15) is 0 Å². The highest BCUT2D eigenvalue weighted by Gasteiger charge is 2.03. The van der Waals surface area contributed by atoms with Crippen LogP contribution < -0.4 is 21.2 Å². The molecule has 13 heavy (non-hydrogen) atoms. The lowest BCUT2D eigenvalue weighted by Crippen LogP contribution is -3.59. The molecule has 0 aromatic heterocycles. The molecule has 1 aromatic rings. The molecular weight excluding hydrogens is 271 g/mol. The fourth-order valence-corrected chi connectivity index (χ4v) is 2.85. The van der Waals surface area contributed by atoms with Gasteiger partial charge in [0, 0.05) is 0 Å². The lowest BCUT2D eigenvalue weighted by molar-refractivity contribution is -0.557. The maximum absolute atomic E-state index is 2.38. The van der Waals surface area contributed by atoms with Crippen molar-refractivity contribution in [3.63, 3.8) is 0 Å². The zero-order chi connectivity index (χ0) is 9.36. The van der Waals surface area contributed by atoms with Crippen molar-refractivity contribution < 1.29 is 21.2 Å². The normalized spacial score (nSPS) is 10.8. The summed E-state index contributed by atoms with van der Waals surface area (Å²) in [7, 11) is 0. The third-order valence-corrected chi connectivity index (χ3v) is 4.04. The lowest BCUT2D eigenvalue weighted by atomic mass is 10.3. The Bertz CT molecular complexity index is 239. The summed E-state index contributed by atoms with van der Waals surface area (Å²) in [5, 5.41) is 0. The molecule has 0 aliphatic heterocycles. The molecule has 0 unspecified atom stereocenters. The highest BCUT2D eigenvalue weighted by atomic mass is 127. The van der Waals surface area contributed by atoms with Gasteiger partial charge in [-0.1, -0.05) is 31.5 Å². The molecule has 1 heteroatoms. The van der Waals surface area contributed by atoms with Crippen LogP contribution in [0.3, 0.4) is 0 Å². The minimum absolute atomic E-state index is 0.128. The van der Waals surface area contributed by atoms with Gasteiger partial charge in [-0.25, -0.2) is 0 Å². The van der Waals surface area contributed by atoms with Crippen LogP contribution >= 0.6 is 0 Å². The van der Waals surface area contributed by atoms with Gasteiger partial charge < -0.3 is 0 Å². The van der Waals surface area contributed by atoms with Gasteiger partial charge in [0.05, 0.1) is 0 Å². The standard InChI is InChI=1S/C12H16I/c1-2-3-4-8-11-13-12-9-6-5-7-10-12/h5-11H,2-4H2,1H3/q+1/b11-8-. The molecule has 0 heterocycles. The van der Waals surface area contributed by atoms with E-state index in [1.54, 1.807) is 0 Å². The van der Waals surface area contributed by atoms with Crippen molar-refractivity contribution in [1.29, 1.82) is 0 Å². The predicted octanol–water partition coefficient (Wildman–Crippen LogP) is 0.649. The van der Waals surface area contributed by atoms with Gasteiger partial charge in [0.15, 0.2) is 7.65 Å². The smallest absolute Gasteiger partial charge is 0.0654 e. The number of allylic oxidation sites excluding steroid dienone is 1. The first-order valence-electron chi connectivity index (χ1n) is 4.77. The van der Waals surface area contributed by atoms with Gasteiger partial charge in [-0.2, -0.15) is 0 Å². The molecule has 0 nitrogen and oxygen atoms in total. The third-order valence-electron chi connectivity index (χ3n) is 1.74.